The Balaban J connectivity index is 3.78. The molecule has 0 spiro atoms. The lowest BCUT2D eigenvalue weighted by Crippen LogP contribution is -2.17. The first-order chi connectivity index (χ1) is 9.15. The van der Waals surface area contributed by atoms with Gasteiger partial charge in [0.2, 0.25) is 0 Å². The molecule has 112 valence electrons. The lowest BCUT2D eigenvalue weighted by molar-refractivity contribution is -0.141. The topological polar surface area (TPSA) is 44.8 Å². The summed E-state index contributed by atoms with van der Waals surface area (Å²) in [6, 6.07) is 0. The second kappa shape index (κ2) is 12.2. The number of esters is 1. The van der Waals surface area contributed by atoms with Gasteiger partial charge >= 0.3 is 5.97 Å². The lowest BCUT2D eigenvalue weighted by Gasteiger charge is -2.15. The monoisotopic (exact) mass is 272 g/mol. The van der Waals surface area contributed by atoms with E-state index >= 15 is 0 Å². The first kappa shape index (κ1) is 18.1. The van der Waals surface area contributed by atoms with Crippen molar-refractivity contribution in [3.05, 3.63) is 12.2 Å². The number of hydrogen-bond acceptors (Lipinski definition) is 4. The van der Waals surface area contributed by atoms with Gasteiger partial charge in [0.15, 0.2) is 0 Å². The molecule has 0 aromatic carbocycles. The molecule has 0 radical (unpaired) electrons. The van der Waals surface area contributed by atoms with Gasteiger partial charge in [0.25, 0.3) is 0 Å². The standard InChI is InChI=1S/C15H28O4/c1-5-7-8-14(6-2)12-19-15(16)13(3)11-18-10-9-17-4/h14H,3,5-12H2,1-2,4H3. The highest BCUT2D eigenvalue weighted by molar-refractivity contribution is 5.87. The van der Waals surface area contributed by atoms with Gasteiger partial charge < -0.3 is 14.2 Å². The van der Waals surface area contributed by atoms with E-state index in [2.05, 4.69) is 20.4 Å². The van der Waals surface area contributed by atoms with Gasteiger partial charge in [-0.1, -0.05) is 39.7 Å². The lowest BCUT2D eigenvalue weighted by atomic mass is 10.0. The van der Waals surface area contributed by atoms with E-state index in [0.29, 0.717) is 31.3 Å². The number of rotatable bonds is 12. The summed E-state index contributed by atoms with van der Waals surface area (Å²) in [5, 5.41) is 0. The zero-order valence-electron chi connectivity index (χ0n) is 12.6. The van der Waals surface area contributed by atoms with Gasteiger partial charge in [-0.05, 0) is 12.3 Å². The summed E-state index contributed by atoms with van der Waals surface area (Å²) < 4.78 is 15.3. The van der Waals surface area contributed by atoms with E-state index in [-0.39, 0.29) is 12.6 Å². The Morgan fingerprint density at radius 1 is 1.26 bits per heavy atom. The van der Waals surface area contributed by atoms with Crippen LogP contribution in [0.4, 0.5) is 0 Å². The average Bonchev–Trinajstić information content (AvgIpc) is 2.43. The van der Waals surface area contributed by atoms with Crippen LogP contribution in [-0.2, 0) is 19.0 Å². The molecule has 4 nitrogen and oxygen atoms in total. The molecule has 0 fully saturated rings. The van der Waals surface area contributed by atoms with Gasteiger partial charge in [-0.3, -0.25) is 0 Å². The van der Waals surface area contributed by atoms with E-state index in [1.54, 1.807) is 7.11 Å². The number of hydrogen-bond donors (Lipinski definition) is 0. The first-order valence-electron chi connectivity index (χ1n) is 7.07. The highest BCUT2D eigenvalue weighted by Gasteiger charge is 2.12. The van der Waals surface area contributed by atoms with Gasteiger partial charge in [-0.2, -0.15) is 0 Å². The number of carbonyl (C=O) groups is 1. The predicted molar refractivity (Wildman–Crippen MR) is 76.1 cm³/mol. The zero-order chi connectivity index (χ0) is 14.5. The van der Waals surface area contributed by atoms with Gasteiger partial charge in [-0.25, -0.2) is 4.79 Å². The van der Waals surface area contributed by atoms with Crippen LogP contribution in [0.25, 0.3) is 0 Å². The minimum absolute atomic E-state index is 0.202. The maximum Gasteiger partial charge on any atom is 0.335 e. The molecule has 4 heteroatoms. The fraction of sp³-hybridized carbons (Fsp3) is 0.800. The van der Waals surface area contributed by atoms with Gasteiger partial charge in [0.05, 0.1) is 32.0 Å². The maximum absolute atomic E-state index is 11.7. The number of unbranched alkanes of at least 4 members (excludes halogenated alkanes) is 1. The summed E-state index contributed by atoms with van der Waals surface area (Å²) in [6.45, 7) is 9.61. The predicted octanol–water partition coefficient (Wildman–Crippen LogP) is 2.97. The van der Waals surface area contributed by atoms with Gasteiger partial charge in [-0.15, -0.1) is 0 Å². The van der Waals surface area contributed by atoms with Gasteiger partial charge in [0, 0.05) is 7.11 Å². The van der Waals surface area contributed by atoms with E-state index in [4.69, 9.17) is 14.2 Å². The molecule has 1 unspecified atom stereocenters. The van der Waals surface area contributed by atoms with E-state index < -0.39 is 0 Å². The summed E-state index contributed by atoms with van der Waals surface area (Å²) in [4.78, 5) is 11.7. The Labute approximate surface area is 117 Å². The SMILES string of the molecule is C=C(COCCOC)C(=O)OCC(CC)CCCC. The van der Waals surface area contributed by atoms with Crippen molar-refractivity contribution in [1.82, 2.24) is 0 Å². The third-order valence-electron chi connectivity index (χ3n) is 2.99. The highest BCUT2D eigenvalue weighted by Crippen LogP contribution is 2.13. The average molecular weight is 272 g/mol. The number of methoxy groups -OCH3 is 1. The van der Waals surface area contributed by atoms with Crippen LogP contribution in [0, 0.1) is 5.92 Å². The molecular formula is C15H28O4. The van der Waals surface area contributed by atoms with Crippen LogP contribution < -0.4 is 0 Å². The van der Waals surface area contributed by atoms with Crippen molar-refractivity contribution in [2.75, 3.05) is 33.5 Å². The van der Waals surface area contributed by atoms with Crippen molar-refractivity contribution in [3.8, 4) is 0 Å². The largest absolute Gasteiger partial charge is 0.462 e. The summed E-state index contributed by atoms with van der Waals surface area (Å²) in [6.07, 6.45) is 4.49. The van der Waals surface area contributed by atoms with E-state index in [0.717, 1.165) is 12.8 Å². The van der Waals surface area contributed by atoms with Crippen LogP contribution in [0.5, 0.6) is 0 Å². The molecule has 0 aliphatic carbocycles. The zero-order valence-corrected chi connectivity index (χ0v) is 12.6. The second-order valence-corrected chi connectivity index (χ2v) is 4.66. The molecule has 1 atom stereocenters. The molecule has 0 aliphatic heterocycles. The Bertz CT molecular complexity index is 251. The van der Waals surface area contributed by atoms with Crippen molar-refractivity contribution < 1.29 is 19.0 Å². The molecule has 0 rings (SSSR count). The molecule has 0 aliphatic rings. The highest BCUT2D eigenvalue weighted by atomic mass is 16.5. The van der Waals surface area contributed by atoms with Crippen LogP contribution in [0.3, 0.4) is 0 Å². The maximum atomic E-state index is 11.7. The molecule has 0 N–H and O–H groups in total. The van der Waals surface area contributed by atoms with Crippen molar-refractivity contribution in [2.45, 2.75) is 39.5 Å². The van der Waals surface area contributed by atoms with Crippen molar-refractivity contribution in [1.29, 1.82) is 0 Å². The van der Waals surface area contributed by atoms with Crippen LogP contribution in [0.1, 0.15) is 39.5 Å². The molecule has 0 bridgehead atoms. The molecule has 0 heterocycles. The van der Waals surface area contributed by atoms with Crippen LogP contribution in [-0.4, -0.2) is 39.5 Å². The molecule has 0 saturated heterocycles. The Hall–Kier alpha value is -0.870. The first-order valence-corrected chi connectivity index (χ1v) is 7.07. The fourth-order valence-corrected chi connectivity index (χ4v) is 1.59. The van der Waals surface area contributed by atoms with Crippen molar-refractivity contribution in [2.24, 2.45) is 5.92 Å². The van der Waals surface area contributed by atoms with Gasteiger partial charge in [0.1, 0.15) is 0 Å². The molecule has 0 aromatic heterocycles. The van der Waals surface area contributed by atoms with E-state index in [1.807, 2.05) is 0 Å². The van der Waals surface area contributed by atoms with Crippen LogP contribution in [0.15, 0.2) is 12.2 Å². The molecule has 0 aromatic rings. The third kappa shape index (κ3) is 9.68. The Morgan fingerprint density at radius 2 is 2.00 bits per heavy atom. The quantitative estimate of drug-likeness (QED) is 0.311. The second-order valence-electron chi connectivity index (χ2n) is 4.66. The van der Waals surface area contributed by atoms with Crippen molar-refractivity contribution in [3.63, 3.8) is 0 Å². The molecule has 0 amide bonds. The summed E-state index contributed by atoms with van der Waals surface area (Å²) >= 11 is 0. The van der Waals surface area contributed by atoms with Crippen LogP contribution in [0.2, 0.25) is 0 Å². The molecule has 0 saturated carbocycles. The normalized spacial score (nSPS) is 12.2. The van der Waals surface area contributed by atoms with Crippen molar-refractivity contribution >= 4 is 5.97 Å². The van der Waals surface area contributed by atoms with E-state index in [1.165, 1.54) is 12.8 Å². The third-order valence-corrected chi connectivity index (χ3v) is 2.99. The molecular weight excluding hydrogens is 244 g/mol. The minimum atomic E-state index is -0.354. The summed E-state index contributed by atoms with van der Waals surface area (Å²) in [7, 11) is 1.60. The summed E-state index contributed by atoms with van der Waals surface area (Å²) in [5.74, 6) is 0.0958. The fourth-order valence-electron chi connectivity index (χ4n) is 1.59. The Morgan fingerprint density at radius 3 is 2.58 bits per heavy atom. The minimum Gasteiger partial charge on any atom is -0.462 e. The molecule has 19 heavy (non-hydrogen) atoms. The smallest absolute Gasteiger partial charge is 0.335 e. The van der Waals surface area contributed by atoms with Crippen LogP contribution >= 0.6 is 0 Å². The van der Waals surface area contributed by atoms with E-state index in [9.17, 15) is 4.79 Å². The number of ether oxygens (including phenoxy) is 3. The number of carbonyl (C=O) groups excluding carboxylic acids is 1. The summed E-state index contributed by atoms with van der Waals surface area (Å²) in [5.41, 5.74) is 0.362. The Kier molecular flexibility index (Phi) is 11.6.